The van der Waals surface area contributed by atoms with Crippen LogP contribution in [0.2, 0.25) is 18.1 Å². The third-order valence-corrected chi connectivity index (χ3v) is 9.47. The third-order valence-electron chi connectivity index (χ3n) is 3.39. The Hall–Kier alpha value is 0.247. The van der Waals surface area contributed by atoms with Crippen molar-refractivity contribution in [3.63, 3.8) is 0 Å². The molecule has 0 atom stereocenters. The topological polar surface area (TPSA) is 0 Å². The van der Waals surface area contributed by atoms with Gasteiger partial charge in [0.25, 0.3) is 0 Å². The van der Waals surface area contributed by atoms with Crippen LogP contribution in [-0.4, -0.2) is 14.0 Å². The number of hydrogen-bond acceptors (Lipinski definition) is 0. The van der Waals surface area contributed by atoms with Gasteiger partial charge in [-0.1, -0.05) is 44.1 Å². The van der Waals surface area contributed by atoms with Crippen molar-refractivity contribution in [3.8, 4) is 0 Å². The van der Waals surface area contributed by atoms with E-state index in [9.17, 15) is 0 Å². The van der Waals surface area contributed by atoms with E-state index in [1.165, 1.54) is 18.1 Å². The summed E-state index contributed by atoms with van der Waals surface area (Å²) in [6.07, 6.45) is 2.26. The van der Waals surface area contributed by atoms with Gasteiger partial charge in [0.15, 0.2) is 0 Å². The lowest BCUT2D eigenvalue weighted by Gasteiger charge is -2.30. The molecule has 0 aromatic rings. The van der Waals surface area contributed by atoms with E-state index < -0.39 is 8.07 Å². The van der Waals surface area contributed by atoms with Crippen LogP contribution in [0.25, 0.3) is 0 Å². The first-order chi connectivity index (χ1) is 6.16. The monoisotopic (exact) mass is 218 g/mol. The van der Waals surface area contributed by atoms with Crippen LogP contribution < -0.4 is 0 Å². The summed E-state index contributed by atoms with van der Waals surface area (Å²) in [6, 6.07) is 4.04. The highest BCUT2D eigenvalue weighted by Crippen LogP contribution is 2.30. The summed E-state index contributed by atoms with van der Waals surface area (Å²) >= 11 is 5.70. The molecule has 0 unspecified atom stereocenters. The molecule has 0 saturated carbocycles. The van der Waals surface area contributed by atoms with Crippen molar-refractivity contribution in [2.75, 3.05) is 5.88 Å². The van der Waals surface area contributed by atoms with Crippen LogP contribution >= 0.6 is 11.6 Å². The first-order valence-electron chi connectivity index (χ1n) is 5.41. The van der Waals surface area contributed by atoms with Crippen molar-refractivity contribution < 1.29 is 0 Å². The van der Waals surface area contributed by atoms with E-state index >= 15 is 0 Å². The molecule has 0 heterocycles. The van der Waals surface area contributed by atoms with Crippen molar-refractivity contribution in [2.45, 2.75) is 51.7 Å². The maximum Gasteiger partial charge on any atom is 0.0799 e. The van der Waals surface area contributed by atoms with Crippen LogP contribution in [0.3, 0.4) is 0 Å². The highest BCUT2D eigenvalue weighted by Gasteiger charge is 2.29. The standard InChI is InChI=1S/C11H23ClSi/c1-5-13(6-2,7-3)11(4)9-8-10-12/h4-10H2,1-3H3. The molecule has 2 heteroatoms. The van der Waals surface area contributed by atoms with Gasteiger partial charge in [0.05, 0.1) is 8.07 Å². The van der Waals surface area contributed by atoms with Gasteiger partial charge in [-0.15, -0.1) is 18.2 Å². The number of hydrogen-bond donors (Lipinski definition) is 0. The molecule has 0 saturated heterocycles. The Morgan fingerprint density at radius 1 is 1.15 bits per heavy atom. The first-order valence-corrected chi connectivity index (χ1v) is 8.56. The molecule has 0 radical (unpaired) electrons. The van der Waals surface area contributed by atoms with Gasteiger partial charge in [0, 0.05) is 5.88 Å². The molecular formula is C11H23ClSi. The lowest BCUT2D eigenvalue weighted by molar-refractivity contribution is 0.933. The van der Waals surface area contributed by atoms with E-state index in [4.69, 9.17) is 11.6 Å². The van der Waals surface area contributed by atoms with E-state index in [1.54, 1.807) is 5.20 Å². The van der Waals surface area contributed by atoms with Crippen molar-refractivity contribution in [1.29, 1.82) is 0 Å². The lowest BCUT2D eigenvalue weighted by atomic mass is 10.3. The van der Waals surface area contributed by atoms with Crippen molar-refractivity contribution in [1.82, 2.24) is 0 Å². The quantitative estimate of drug-likeness (QED) is 0.433. The van der Waals surface area contributed by atoms with Gasteiger partial charge in [-0.25, -0.2) is 0 Å². The van der Waals surface area contributed by atoms with Crippen LogP contribution in [0, 0.1) is 0 Å². The summed E-state index contributed by atoms with van der Waals surface area (Å²) in [4.78, 5) is 0. The van der Waals surface area contributed by atoms with E-state index in [-0.39, 0.29) is 0 Å². The maximum atomic E-state index is 5.70. The Morgan fingerprint density at radius 3 is 1.92 bits per heavy atom. The van der Waals surface area contributed by atoms with Gasteiger partial charge in [-0.05, 0) is 12.8 Å². The van der Waals surface area contributed by atoms with E-state index in [2.05, 4.69) is 27.4 Å². The minimum atomic E-state index is -1.11. The minimum Gasteiger partial charge on any atom is -0.127 e. The zero-order valence-electron chi connectivity index (χ0n) is 9.33. The second kappa shape index (κ2) is 6.66. The summed E-state index contributed by atoms with van der Waals surface area (Å²) in [5, 5.41) is 1.54. The Morgan fingerprint density at radius 2 is 1.62 bits per heavy atom. The van der Waals surface area contributed by atoms with Gasteiger partial charge < -0.3 is 0 Å². The average molecular weight is 219 g/mol. The molecule has 0 rings (SSSR count). The molecule has 0 aromatic heterocycles. The van der Waals surface area contributed by atoms with Gasteiger partial charge >= 0.3 is 0 Å². The van der Waals surface area contributed by atoms with Crippen LogP contribution in [0.1, 0.15) is 33.6 Å². The van der Waals surface area contributed by atoms with Gasteiger partial charge in [0.2, 0.25) is 0 Å². The van der Waals surface area contributed by atoms with Crippen LogP contribution in [0.15, 0.2) is 11.8 Å². The molecule has 0 amide bonds. The molecule has 0 spiro atoms. The Balaban J connectivity index is 4.26. The number of allylic oxidation sites excluding steroid dienone is 1. The summed E-state index contributed by atoms with van der Waals surface area (Å²) in [5.41, 5.74) is 0. The van der Waals surface area contributed by atoms with Crippen LogP contribution in [-0.2, 0) is 0 Å². The second-order valence-corrected chi connectivity index (χ2v) is 9.50. The summed E-state index contributed by atoms with van der Waals surface area (Å²) in [6.45, 7) is 11.3. The van der Waals surface area contributed by atoms with E-state index in [1.807, 2.05) is 0 Å². The highest BCUT2D eigenvalue weighted by atomic mass is 35.5. The van der Waals surface area contributed by atoms with E-state index in [0.29, 0.717) is 0 Å². The molecule has 0 aliphatic carbocycles. The SMILES string of the molecule is C=C(CCCCl)[Si](CC)(CC)CC. The zero-order chi connectivity index (χ0) is 10.3. The molecule has 13 heavy (non-hydrogen) atoms. The Kier molecular flexibility index (Phi) is 6.79. The third kappa shape index (κ3) is 3.47. The highest BCUT2D eigenvalue weighted by molar-refractivity contribution is 6.86. The molecule has 0 fully saturated rings. The molecule has 0 aliphatic heterocycles. The first kappa shape index (κ1) is 13.2. The molecule has 0 aromatic carbocycles. The summed E-state index contributed by atoms with van der Waals surface area (Å²) in [7, 11) is -1.11. The largest absolute Gasteiger partial charge is 0.127 e. The van der Waals surface area contributed by atoms with Crippen LogP contribution in [0.4, 0.5) is 0 Å². The van der Waals surface area contributed by atoms with E-state index in [0.717, 1.165) is 18.7 Å². The number of rotatable bonds is 7. The van der Waals surface area contributed by atoms with Crippen molar-refractivity contribution in [2.24, 2.45) is 0 Å². The fourth-order valence-corrected chi connectivity index (χ4v) is 5.89. The van der Waals surface area contributed by atoms with Gasteiger partial charge in [0.1, 0.15) is 0 Å². The molecule has 0 N–H and O–H groups in total. The Labute approximate surface area is 89.4 Å². The lowest BCUT2D eigenvalue weighted by Crippen LogP contribution is -2.34. The van der Waals surface area contributed by atoms with Gasteiger partial charge in [-0.2, -0.15) is 0 Å². The molecule has 78 valence electrons. The summed E-state index contributed by atoms with van der Waals surface area (Å²) < 4.78 is 0. The number of alkyl halides is 1. The van der Waals surface area contributed by atoms with Crippen molar-refractivity contribution >= 4 is 19.7 Å². The molecular weight excluding hydrogens is 196 g/mol. The Bertz CT molecular complexity index is 142. The number of halogens is 1. The molecule has 0 nitrogen and oxygen atoms in total. The predicted octanol–water partition coefficient (Wildman–Crippen LogP) is 4.61. The maximum absolute atomic E-state index is 5.70. The van der Waals surface area contributed by atoms with Gasteiger partial charge in [-0.3, -0.25) is 0 Å². The normalized spacial score (nSPS) is 11.7. The zero-order valence-corrected chi connectivity index (χ0v) is 11.1. The second-order valence-electron chi connectivity index (χ2n) is 3.74. The minimum absolute atomic E-state index is 0.778. The van der Waals surface area contributed by atoms with Crippen molar-refractivity contribution in [3.05, 3.63) is 11.8 Å². The molecule has 0 bridgehead atoms. The molecule has 0 aliphatic rings. The smallest absolute Gasteiger partial charge is 0.0799 e. The predicted molar refractivity (Wildman–Crippen MR) is 66.3 cm³/mol. The van der Waals surface area contributed by atoms with Crippen LogP contribution in [0.5, 0.6) is 0 Å². The fourth-order valence-electron chi connectivity index (χ4n) is 2.05. The average Bonchev–Trinajstić information content (AvgIpc) is 2.18. The summed E-state index contributed by atoms with van der Waals surface area (Å²) in [5.74, 6) is 0.778. The fraction of sp³-hybridized carbons (Fsp3) is 0.818.